The average Bonchev–Trinajstić information content (AvgIpc) is 3.19. The van der Waals surface area contributed by atoms with E-state index in [1.54, 1.807) is 22.7 Å². The molecule has 0 bridgehead atoms. The summed E-state index contributed by atoms with van der Waals surface area (Å²) < 4.78 is 21.0. The smallest absolute Gasteiger partial charge is 0.154 e. The second-order valence-electron chi connectivity index (χ2n) is 7.63. The maximum absolute atomic E-state index is 13.4. The SMILES string of the molecule is C[C@H](c1cccc(F)c1)N(C)CCCOc1ccc(-c2cn3nc(N)ccc3n2)cc1. The normalized spacial score (nSPS) is 12.4. The molecule has 2 aromatic heterocycles. The lowest BCUT2D eigenvalue weighted by Gasteiger charge is -2.25. The molecule has 6 nitrogen and oxygen atoms in total. The van der Waals surface area contributed by atoms with Crippen LogP contribution in [0.4, 0.5) is 10.2 Å². The van der Waals surface area contributed by atoms with Crippen LogP contribution in [0.15, 0.2) is 66.9 Å². The predicted molar refractivity (Wildman–Crippen MR) is 120 cm³/mol. The summed E-state index contributed by atoms with van der Waals surface area (Å²) in [6, 6.07) is 18.3. The van der Waals surface area contributed by atoms with Gasteiger partial charge in [-0.1, -0.05) is 12.1 Å². The predicted octanol–water partition coefficient (Wildman–Crippen LogP) is 4.58. The van der Waals surface area contributed by atoms with Crippen molar-refractivity contribution in [2.75, 3.05) is 25.9 Å². The Bertz CT molecular complexity index is 1160. The van der Waals surface area contributed by atoms with Crippen molar-refractivity contribution < 1.29 is 9.13 Å². The highest BCUT2D eigenvalue weighted by Gasteiger charge is 2.12. The van der Waals surface area contributed by atoms with Crippen LogP contribution in [0.1, 0.15) is 24.9 Å². The van der Waals surface area contributed by atoms with Crippen molar-refractivity contribution in [3.05, 3.63) is 78.2 Å². The van der Waals surface area contributed by atoms with Crippen LogP contribution in [0.25, 0.3) is 16.9 Å². The topological polar surface area (TPSA) is 68.7 Å². The number of rotatable bonds is 8. The summed E-state index contributed by atoms with van der Waals surface area (Å²) in [6.07, 6.45) is 2.73. The van der Waals surface area contributed by atoms with E-state index in [4.69, 9.17) is 10.5 Å². The van der Waals surface area contributed by atoms with Gasteiger partial charge in [-0.05, 0) is 74.5 Å². The third kappa shape index (κ3) is 5.00. The fourth-order valence-electron chi connectivity index (χ4n) is 3.48. The fraction of sp³-hybridized carbons (Fsp3) is 0.250. The van der Waals surface area contributed by atoms with Crippen LogP contribution in [0.2, 0.25) is 0 Å². The molecule has 2 heterocycles. The lowest BCUT2D eigenvalue weighted by Crippen LogP contribution is -2.24. The van der Waals surface area contributed by atoms with Crippen molar-refractivity contribution >= 4 is 11.5 Å². The number of imidazole rings is 1. The quantitative estimate of drug-likeness (QED) is 0.424. The molecule has 0 saturated heterocycles. The Morgan fingerprint density at radius 3 is 2.71 bits per heavy atom. The Kier molecular flexibility index (Phi) is 6.13. The number of hydrogen-bond acceptors (Lipinski definition) is 5. The van der Waals surface area contributed by atoms with Crippen LogP contribution in [0.5, 0.6) is 5.75 Å². The molecule has 4 aromatic rings. The van der Waals surface area contributed by atoms with E-state index in [9.17, 15) is 4.39 Å². The summed E-state index contributed by atoms with van der Waals surface area (Å²) in [6.45, 7) is 3.54. The van der Waals surface area contributed by atoms with Crippen LogP contribution in [-0.2, 0) is 0 Å². The van der Waals surface area contributed by atoms with Gasteiger partial charge in [0.05, 0.1) is 18.5 Å². The monoisotopic (exact) mass is 419 g/mol. The molecule has 1 atom stereocenters. The number of nitrogens with zero attached hydrogens (tertiary/aromatic N) is 4. The lowest BCUT2D eigenvalue weighted by molar-refractivity contribution is 0.225. The molecule has 0 radical (unpaired) electrons. The molecular weight excluding hydrogens is 393 g/mol. The standard InChI is InChI=1S/C24H26FN5O/c1-17(19-5-3-6-20(25)15-19)29(2)13-4-14-31-21-9-7-18(8-10-21)22-16-30-24(27-22)12-11-23(26)28-30/h3,5-12,15-17H,4,13-14H2,1-2H3,(H2,26,28)/t17-/m1/s1. The Balaban J connectivity index is 1.28. The number of ether oxygens (including phenoxy) is 1. The molecule has 2 N–H and O–H groups in total. The molecule has 0 amide bonds. The maximum atomic E-state index is 13.4. The van der Waals surface area contributed by atoms with E-state index in [-0.39, 0.29) is 11.9 Å². The molecule has 0 unspecified atom stereocenters. The molecule has 0 aliphatic heterocycles. The summed E-state index contributed by atoms with van der Waals surface area (Å²) >= 11 is 0. The maximum Gasteiger partial charge on any atom is 0.154 e. The van der Waals surface area contributed by atoms with E-state index in [1.807, 2.05) is 49.6 Å². The van der Waals surface area contributed by atoms with E-state index >= 15 is 0 Å². The zero-order chi connectivity index (χ0) is 21.8. The van der Waals surface area contributed by atoms with Gasteiger partial charge < -0.3 is 10.5 Å². The van der Waals surface area contributed by atoms with Gasteiger partial charge in [-0.25, -0.2) is 13.9 Å². The van der Waals surface area contributed by atoms with Crippen molar-refractivity contribution in [2.24, 2.45) is 0 Å². The number of nitrogen functional groups attached to an aromatic ring is 1. The van der Waals surface area contributed by atoms with E-state index in [0.29, 0.717) is 12.4 Å². The highest BCUT2D eigenvalue weighted by atomic mass is 19.1. The summed E-state index contributed by atoms with van der Waals surface area (Å²) in [7, 11) is 2.04. The minimum atomic E-state index is -0.200. The number of halogens is 1. The van der Waals surface area contributed by atoms with Crippen molar-refractivity contribution in [1.82, 2.24) is 19.5 Å². The Morgan fingerprint density at radius 1 is 1.13 bits per heavy atom. The van der Waals surface area contributed by atoms with Crippen molar-refractivity contribution in [1.29, 1.82) is 0 Å². The third-order valence-electron chi connectivity index (χ3n) is 5.41. The van der Waals surface area contributed by atoms with E-state index in [0.717, 1.165) is 41.2 Å². The molecule has 2 aromatic carbocycles. The van der Waals surface area contributed by atoms with E-state index in [2.05, 4.69) is 21.9 Å². The lowest BCUT2D eigenvalue weighted by atomic mass is 10.1. The van der Waals surface area contributed by atoms with Crippen LogP contribution < -0.4 is 10.5 Å². The Morgan fingerprint density at radius 2 is 1.94 bits per heavy atom. The number of nitrogens with two attached hydrogens (primary N) is 1. The van der Waals surface area contributed by atoms with Gasteiger partial charge >= 0.3 is 0 Å². The highest BCUT2D eigenvalue weighted by Crippen LogP contribution is 2.23. The second-order valence-corrected chi connectivity index (χ2v) is 7.63. The zero-order valence-electron chi connectivity index (χ0n) is 17.7. The van der Waals surface area contributed by atoms with Crippen LogP contribution in [0, 0.1) is 5.82 Å². The summed E-state index contributed by atoms with van der Waals surface area (Å²) in [5.74, 6) is 1.07. The van der Waals surface area contributed by atoms with Gasteiger partial charge in [-0.3, -0.25) is 4.90 Å². The molecule has 0 fully saturated rings. The van der Waals surface area contributed by atoms with Crippen molar-refractivity contribution in [2.45, 2.75) is 19.4 Å². The minimum Gasteiger partial charge on any atom is -0.494 e. The average molecular weight is 420 g/mol. The van der Waals surface area contributed by atoms with Crippen molar-refractivity contribution in [3.63, 3.8) is 0 Å². The van der Waals surface area contributed by atoms with E-state index < -0.39 is 0 Å². The van der Waals surface area contributed by atoms with Gasteiger partial charge in [0.25, 0.3) is 0 Å². The highest BCUT2D eigenvalue weighted by molar-refractivity contribution is 5.63. The number of anilines is 1. The largest absolute Gasteiger partial charge is 0.494 e. The van der Waals surface area contributed by atoms with Crippen LogP contribution >= 0.6 is 0 Å². The number of fused-ring (bicyclic) bond motifs is 1. The van der Waals surface area contributed by atoms with Gasteiger partial charge in [0.1, 0.15) is 17.4 Å². The first kappa shape index (κ1) is 20.8. The van der Waals surface area contributed by atoms with Gasteiger partial charge in [0.2, 0.25) is 0 Å². The van der Waals surface area contributed by atoms with Gasteiger partial charge in [-0.2, -0.15) is 0 Å². The number of hydrogen-bond donors (Lipinski definition) is 1. The number of benzene rings is 2. The van der Waals surface area contributed by atoms with Gasteiger partial charge in [0.15, 0.2) is 5.65 Å². The molecule has 7 heteroatoms. The van der Waals surface area contributed by atoms with Crippen LogP contribution in [-0.4, -0.2) is 39.7 Å². The first-order valence-electron chi connectivity index (χ1n) is 10.3. The summed E-state index contributed by atoms with van der Waals surface area (Å²) in [5, 5.41) is 4.22. The van der Waals surface area contributed by atoms with Crippen LogP contribution in [0.3, 0.4) is 0 Å². The van der Waals surface area contributed by atoms with Gasteiger partial charge in [-0.15, -0.1) is 5.10 Å². The number of aromatic nitrogens is 3. The molecule has 31 heavy (non-hydrogen) atoms. The molecule has 0 spiro atoms. The minimum absolute atomic E-state index is 0.144. The third-order valence-corrected chi connectivity index (χ3v) is 5.41. The summed E-state index contributed by atoms with van der Waals surface area (Å²) in [5.41, 5.74) is 9.27. The molecule has 0 aliphatic carbocycles. The molecule has 160 valence electrons. The fourth-order valence-corrected chi connectivity index (χ4v) is 3.48. The summed E-state index contributed by atoms with van der Waals surface area (Å²) in [4.78, 5) is 6.77. The van der Waals surface area contributed by atoms with Crippen molar-refractivity contribution in [3.8, 4) is 17.0 Å². The molecule has 4 rings (SSSR count). The molecule has 0 saturated carbocycles. The molecular formula is C24H26FN5O. The van der Waals surface area contributed by atoms with Gasteiger partial charge in [0, 0.05) is 18.2 Å². The second kappa shape index (κ2) is 9.14. The Labute approximate surface area is 181 Å². The zero-order valence-corrected chi connectivity index (χ0v) is 17.7. The molecule has 0 aliphatic rings. The first-order valence-corrected chi connectivity index (χ1v) is 10.3. The first-order chi connectivity index (χ1) is 15.0. The van der Waals surface area contributed by atoms with E-state index in [1.165, 1.54) is 6.07 Å². The Hall–Kier alpha value is -3.45.